The van der Waals surface area contributed by atoms with Crippen molar-refractivity contribution in [2.45, 2.75) is 32.7 Å². The van der Waals surface area contributed by atoms with E-state index in [4.69, 9.17) is 0 Å². The molecule has 0 amide bonds. The van der Waals surface area contributed by atoms with Crippen molar-refractivity contribution in [2.75, 3.05) is 11.4 Å². The van der Waals surface area contributed by atoms with E-state index >= 15 is 0 Å². The molecule has 3 heteroatoms. The standard InChI is InChI=1S/C13H17NO2/c1-9-5-3-7-11(12(9)13(15)16)14-8-4-6-10(14)2/h3,5,7,10H,4,6,8H2,1-2H3,(H,15,16). The molecule has 1 aliphatic heterocycles. The summed E-state index contributed by atoms with van der Waals surface area (Å²) >= 11 is 0. The van der Waals surface area contributed by atoms with Gasteiger partial charge < -0.3 is 10.0 Å². The molecule has 16 heavy (non-hydrogen) atoms. The molecule has 1 unspecified atom stereocenters. The normalized spacial score (nSPS) is 20.1. The van der Waals surface area contributed by atoms with E-state index in [0.29, 0.717) is 11.6 Å². The van der Waals surface area contributed by atoms with E-state index in [1.807, 2.05) is 25.1 Å². The molecular weight excluding hydrogens is 202 g/mol. The quantitative estimate of drug-likeness (QED) is 0.831. The number of rotatable bonds is 2. The molecule has 3 nitrogen and oxygen atoms in total. The topological polar surface area (TPSA) is 40.5 Å². The van der Waals surface area contributed by atoms with E-state index in [1.54, 1.807) is 0 Å². The third kappa shape index (κ3) is 1.77. The van der Waals surface area contributed by atoms with Gasteiger partial charge in [-0.3, -0.25) is 0 Å². The monoisotopic (exact) mass is 219 g/mol. The van der Waals surface area contributed by atoms with Gasteiger partial charge in [0.25, 0.3) is 0 Å². The van der Waals surface area contributed by atoms with Gasteiger partial charge in [-0.05, 0) is 38.3 Å². The van der Waals surface area contributed by atoms with Gasteiger partial charge in [0.15, 0.2) is 0 Å². The first-order valence-corrected chi connectivity index (χ1v) is 5.71. The zero-order valence-corrected chi connectivity index (χ0v) is 9.73. The molecule has 1 aliphatic rings. The summed E-state index contributed by atoms with van der Waals surface area (Å²) in [7, 11) is 0. The molecule has 0 spiro atoms. The number of anilines is 1. The van der Waals surface area contributed by atoms with E-state index < -0.39 is 5.97 Å². The molecule has 1 aromatic carbocycles. The van der Waals surface area contributed by atoms with E-state index in [2.05, 4.69) is 11.8 Å². The molecule has 1 saturated heterocycles. The lowest BCUT2D eigenvalue weighted by atomic mass is 10.1. The molecule has 0 saturated carbocycles. The Balaban J connectivity index is 2.47. The Morgan fingerprint density at radius 2 is 2.25 bits per heavy atom. The lowest BCUT2D eigenvalue weighted by Crippen LogP contribution is -2.28. The first-order chi connectivity index (χ1) is 7.61. The molecule has 1 heterocycles. The average Bonchev–Trinajstić information content (AvgIpc) is 2.63. The van der Waals surface area contributed by atoms with E-state index in [-0.39, 0.29) is 0 Å². The number of benzene rings is 1. The number of carboxylic acids is 1. The molecule has 1 aromatic rings. The number of hydrogen-bond acceptors (Lipinski definition) is 2. The fourth-order valence-corrected chi connectivity index (χ4v) is 2.46. The van der Waals surface area contributed by atoms with Crippen molar-refractivity contribution >= 4 is 11.7 Å². The number of hydrogen-bond donors (Lipinski definition) is 1. The van der Waals surface area contributed by atoms with Crippen molar-refractivity contribution in [1.82, 2.24) is 0 Å². The smallest absolute Gasteiger partial charge is 0.338 e. The number of carbonyl (C=O) groups is 1. The first kappa shape index (κ1) is 11.0. The zero-order chi connectivity index (χ0) is 11.7. The van der Waals surface area contributed by atoms with Crippen LogP contribution in [0.1, 0.15) is 35.7 Å². The molecular formula is C13H17NO2. The lowest BCUT2D eigenvalue weighted by molar-refractivity contribution is 0.0697. The van der Waals surface area contributed by atoms with Gasteiger partial charge in [-0.1, -0.05) is 12.1 Å². The maximum absolute atomic E-state index is 11.3. The predicted molar refractivity (Wildman–Crippen MR) is 64.2 cm³/mol. The highest BCUT2D eigenvalue weighted by Gasteiger charge is 2.25. The predicted octanol–water partition coefficient (Wildman–Crippen LogP) is 2.68. The fraction of sp³-hybridized carbons (Fsp3) is 0.462. The van der Waals surface area contributed by atoms with Crippen LogP contribution in [-0.4, -0.2) is 23.7 Å². The first-order valence-electron chi connectivity index (χ1n) is 5.71. The Labute approximate surface area is 95.7 Å². The summed E-state index contributed by atoms with van der Waals surface area (Å²) in [6.45, 7) is 4.97. The van der Waals surface area contributed by atoms with Crippen LogP contribution in [-0.2, 0) is 0 Å². The maximum atomic E-state index is 11.3. The van der Waals surface area contributed by atoms with Crippen LogP contribution < -0.4 is 4.90 Å². The largest absolute Gasteiger partial charge is 0.478 e. The summed E-state index contributed by atoms with van der Waals surface area (Å²) in [4.78, 5) is 13.5. The van der Waals surface area contributed by atoms with Crippen molar-refractivity contribution < 1.29 is 9.90 Å². The van der Waals surface area contributed by atoms with Crippen LogP contribution in [0.3, 0.4) is 0 Å². The molecule has 2 rings (SSSR count). The minimum absolute atomic E-state index is 0.444. The second-order valence-electron chi connectivity index (χ2n) is 4.46. The van der Waals surface area contributed by atoms with Crippen molar-refractivity contribution in [3.63, 3.8) is 0 Å². The van der Waals surface area contributed by atoms with Crippen molar-refractivity contribution in [1.29, 1.82) is 0 Å². The van der Waals surface area contributed by atoms with Gasteiger partial charge in [0, 0.05) is 12.6 Å². The van der Waals surface area contributed by atoms with Crippen LogP contribution in [0.4, 0.5) is 5.69 Å². The summed E-state index contributed by atoms with van der Waals surface area (Å²) in [5.41, 5.74) is 2.16. The Kier molecular flexibility index (Phi) is 2.86. The zero-order valence-electron chi connectivity index (χ0n) is 9.73. The summed E-state index contributed by atoms with van der Waals surface area (Å²) < 4.78 is 0. The molecule has 1 atom stereocenters. The molecule has 0 radical (unpaired) electrons. The van der Waals surface area contributed by atoms with Crippen LogP contribution in [0.5, 0.6) is 0 Å². The second kappa shape index (κ2) is 4.16. The highest BCUT2D eigenvalue weighted by atomic mass is 16.4. The fourth-order valence-electron chi connectivity index (χ4n) is 2.46. The SMILES string of the molecule is Cc1cccc(N2CCCC2C)c1C(=O)O. The third-order valence-corrected chi connectivity index (χ3v) is 3.33. The summed E-state index contributed by atoms with van der Waals surface area (Å²) in [5, 5.41) is 9.27. The minimum atomic E-state index is -0.827. The van der Waals surface area contributed by atoms with E-state index in [0.717, 1.165) is 30.6 Å². The molecule has 1 N–H and O–H groups in total. The average molecular weight is 219 g/mol. The summed E-state index contributed by atoms with van der Waals surface area (Å²) in [5.74, 6) is -0.827. The van der Waals surface area contributed by atoms with Gasteiger partial charge in [-0.2, -0.15) is 0 Å². The third-order valence-electron chi connectivity index (χ3n) is 3.33. The van der Waals surface area contributed by atoms with Crippen molar-refractivity contribution in [2.24, 2.45) is 0 Å². The Morgan fingerprint density at radius 1 is 1.50 bits per heavy atom. The molecule has 1 fully saturated rings. The van der Waals surface area contributed by atoms with Crippen molar-refractivity contribution in [3.05, 3.63) is 29.3 Å². The number of aryl methyl sites for hydroxylation is 1. The van der Waals surface area contributed by atoms with Crippen LogP contribution in [0.15, 0.2) is 18.2 Å². The Morgan fingerprint density at radius 3 is 2.81 bits per heavy atom. The van der Waals surface area contributed by atoms with Gasteiger partial charge in [-0.15, -0.1) is 0 Å². The van der Waals surface area contributed by atoms with Gasteiger partial charge in [0.1, 0.15) is 0 Å². The van der Waals surface area contributed by atoms with Gasteiger partial charge in [-0.25, -0.2) is 4.79 Å². The van der Waals surface area contributed by atoms with Crippen LogP contribution in [0, 0.1) is 6.92 Å². The van der Waals surface area contributed by atoms with E-state index in [1.165, 1.54) is 0 Å². The number of aromatic carboxylic acids is 1. The summed E-state index contributed by atoms with van der Waals surface area (Å²) in [6.07, 6.45) is 2.29. The Bertz CT molecular complexity index is 414. The van der Waals surface area contributed by atoms with Crippen molar-refractivity contribution in [3.8, 4) is 0 Å². The van der Waals surface area contributed by atoms with Crippen LogP contribution in [0.2, 0.25) is 0 Å². The maximum Gasteiger partial charge on any atom is 0.338 e. The van der Waals surface area contributed by atoms with Gasteiger partial charge in [0.05, 0.1) is 11.3 Å². The summed E-state index contributed by atoms with van der Waals surface area (Å²) in [6, 6.07) is 6.15. The highest BCUT2D eigenvalue weighted by molar-refractivity contribution is 5.96. The number of carboxylic acid groups (broad SMARTS) is 1. The highest BCUT2D eigenvalue weighted by Crippen LogP contribution is 2.30. The van der Waals surface area contributed by atoms with Crippen LogP contribution >= 0.6 is 0 Å². The van der Waals surface area contributed by atoms with Gasteiger partial charge in [0.2, 0.25) is 0 Å². The number of nitrogens with zero attached hydrogens (tertiary/aromatic N) is 1. The molecule has 0 bridgehead atoms. The second-order valence-corrected chi connectivity index (χ2v) is 4.46. The molecule has 0 aliphatic carbocycles. The Hall–Kier alpha value is -1.51. The molecule has 0 aromatic heterocycles. The lowest BCUT2D eigenvalue weighted by Gasteiger charge is -2.26. The van der Waals surface area contributed by atoms with E-state index in [9.17, 15) is 9.90 Å². The van der Waals surface area contributed by atoms with Crippen LogP contribution in [0.25, 0.3) is 0 Å². The van der Waals surface area contributed by atoms with Gasteiger partial charge >= 0.3 is 5.97 Å². The molecule has 86 valence electrons. The minimum Gasteiger partial charge on any atom is -0.478 e.